The number of ether oxygens (including phenoxy) is 1. The van der Waals surface area contributed by atoms with E-state index in [9.17, 15) is 9.59 Å². The van der Waals surface area contributed by atoms with E-state index < -0.39 is 12.0 Å². The van der Waals surface area contributed by atoms with Gasteiger partial charge in [-0.25, -0.2) is 9.69 Å². The zero-order chi connectivity index (χ0) is 21.8. The monoisotopic (exact) mass is 497 g/mol. The number of hydrogen-bond donors (Lipinski definition) is 0. The Kier molecular flexibility index (Phi) is 6.73. The lowest BCUT2D eigenvalue weighted by atomic mass is 9.90. The molecule has 1 heterocycles. The van der Waals surface area contributed by atoms with Crippen molar-refractivity contribution in [1.29, 1.82) is 0 Å². The Labute approximate surface area is 194 Å². The molecule has 0 aliphatic carbocycles. The lowest BCUT2D eigenvalue weighted by Gasteiger charge is -2.25. The Balaban J connectivity index is 1.64. The summed E-state index contributed by atoms with van der Waals surface area (Å²) in [6.07, 6.45) is 0.431. The first-order valence-electron chi connectivity index (χ1n) is 10.0. The first-order valence-corrected chi connectivity index (χ1v) is 11.2. The van der Waals surface area contributed by atoms with Gasteiger partial charge in [0, 0.05) is 9.50 Å². The van der Waals surface area contributed by atoms with Gasteiger partial charge in [-0.1, -0.05) is 82.1 Å². The summed E-state index contributed by atoms with van der Waals surface area (Å²) in [5, 5.41) is 0.639. The number of rotatable bonds is 6. The second-order valence-electron chi connectivity index (χ2n) is 7.57. The summed E-state index contributed by atoms with van der Waals surface area (Å²) in [5.74, 6) is -0.779. The SMILES string of the molecule is O=C1OCC(Cc2ccccc2)N1C(=O)C(Cc1ccc(Cl)cc1)c1cccc(Br)c1. The minimum atomic E-state index is -0.581. The van der Waals surface area contributed by atoms with Gasteiger partial charge in [-0.3, -0.25) is 4.79 Å². The van der Waals surface area contributed by atoms with Crippen molar-refractivity contribution < 1.29 is 14.3 Å². The van der Waals surface area contributed by atoms with Crippen LogP contribution in [0.25, 0.3) is 0 Å². The molecule has 2 amide bonds. The number of nitrogens with zero attached hydrogens (tertiary/aromatic N) is 1. The molecule has 158 valence electrons. The van der Waals surface area contributed by atoms with Gasteiger partial charge >= 0.3 is 6.09 Å². The molecule has 1 aliphatic heterocycles. The number of halogens is 2. The minimum absolute atomic E-state index is 0.200. The molecular formula is C25H21BrClNO3. The standard InChI is InChI=1S/C25H21BrClNO3/c26-20-8-4-7-19(15-20)23(14-18-9-11-21(27)12-10-18)24(29)28-22(16-31-25(28)30)13-17-5-2-1-3-6-17/h1-12,15,22-23H,13-14,16H2. The maximum atomic E-state index is 13.7. The van der Waals surface area contributed by atoms with E-state index in [2.05, 4.69) is 15.9 Å². The summed E-state index contributed by atoms with van der Waals surface area (Å²) in [5.41, 5.74) is 2.86. The summed E-state index contributed by atoms with van der Waals surface area (Å²) in [7, 11) is 0. The lowest BCUT2D eigenvalue weighted by Crippen LogP contribution is -2.43. The van der Waals surface area contributed by atoms with Gasteiger partial charge in [0.2, 0.25) is 5.91 Å². The van der Waals surface area contributed by atoms with Crippen molar-refractivity contribution >= 4 is 39.5 Å². The van der Waals surface area contributed by atoms with E-state index in [0.717, 1.165) is 21.2 Å². The third-order valence-corrected chi connectivity index (χ3v) is 6.16. The fourth-order valence-corrected chi connectivity index (χ4v) is 4.41. The number of carbonyl (C=O) groups is 2. The van der Waals surface area contributed by atoms with Gasteiger partial charge in [-0.2, -0.15) is 0 Å². The van der Waals surface area contributed by atoms with Crippen LogP contribution in [0, 0.1) is 0 Å². The zero-order valence-corrected chi connectivity index (χ0v) is 19.1. The van der Waals surface area contributed by atoms with Crippen molar-refractivity contribution in [2.45, 2.75) is 24.8 Å². The van der Waals surface area contributed by atoms with Crippen molar-refractivity contribution in [2.24, 2.45) is 0 Å². The van der Waals surface area contributed by atoms with Crippen LogP contribution < -0.4 is 0 Å². The first-order chi connectivity index (χ1) is 15.0. The predicted molar refractivity (Wildman–Crippen MR) is 124 cm³/mol. The second kappa shape index (κ2) is 9.67. The normalized spacial score (nSPS) is 16.8. The molecule has 0 radical (unpaired) electrons. The van der Waals surface area contributed by atoms with Crippen LogP contribution in [0.2, 0.25) is 5.02 Å². The summed E-state index contributed by atoms with van der Waals surface area (Å²) < 4.78 is 6.17. The Morgan fingerprint density at radius 2 is 1.77 bits per heavy atom. The molecule has 4 rings (SSSR count). The highest BCUT2D eigenvalue weighted by molar-refractivity contribution is 9.10. The second-order valence-corrected chi connectivity index (χ2v) is 8.92. The van der Waals surface area contributed by atoms with Crippen LogP contribution in [0.5, 0.6) is 0 Å². The average molecular weight is 499 g/mol. The van der Waals surface area contributed by atoms with Crippen LogP contribution in [0.1, 0.15) is 22.6 Å². The van der Waals surface area contributed by atoms with Crippen LogP contribution in [-0.4, -0.2) is 29.5 Å². The summed E-state index contributed by atoms with van der Waals surface area (Å²) in [6, 6.07) is 24.6. The Bertz CT molecular complexity index is 1070. The van der Waals surface area contributed by atoms with Gasteiger partial charge < -0.3 is 4.74 Å². The van der Waals surface area contributed by atoms with Crippen LogP contribution in [-0.2, 0) is 22.4 Å². The van der Waals surface area contributed by atoms with E-state index in [0.29, 0.717) is 17.9 Å². The van der Waals surface area contributed by atoms with Crippen LogP contribution in [0.3, 0.4) is 0 Å². The molecule has 2 unspecified atom stereocenters. The van der Waals surface area contributed by atoms with Crippen molar-refractivity contribution in [3.8, 4) is 0 Å². The van der Waals surface area contributed by atoms with Gasteiger partial charge in [-0.15, -0.1) is 0 Å². The first kappa shape index (κ1) is 21.6. The van der Waals surface area contributed by atoms with Gasteiger partial charge in [0.05, 0.1) is 12.0 Å². The van der Waals surface area contributed by atoms with Gasteiger partial charge in [-0.05, 0) is 53.8 Å². The molecule has 1 fully saturated rings. The third-order valence-electron chi connectivity index (χ3n) is 5.41. The topological polar surface area (TPSA) is 46.6 Å². The Hall–Kier alpha value is -2.63. The largest absolute Gasteiger partial charge is 0.447 e. The molecule has 3 aromatic carbocycles. The molecule has 4 nitrogen and oxygen atoms in total. The fraction of sp³-hybridized carbons (Fsp3) is 0.200. The van der Waals surface area contributed by atoms with E-state index in [-0.39, 0.29) is 18.6 Å². The average Bonchev–Trinajstić information content (AvgIpc) is 3.13. The number of imide groups is 1. The number of hydrogen-bond acceptors (Lipinski definition) is 3. The highest BCUT2D eigenvalue weighted by Crippen LogP contribution is 2.30. The maximum absolute atomic E-state index is 13.7. The molecule has 0 aromatic heterocycles. The quantitative estimate of drug-likeness (QED) is 0.417. The van der Waals surface area contributed by atoms with Crippen molar-refractivity contribution in [3.63, 3.8) is 0 Å². The minimum Gasteiger partial charge on any atom is -0.447 e. The van der Waals surface area contributed by atoms with E-state index in [1.54, 1.807) is 0 Å². The lowest BCUT2D eigenvalue weighted by molar-refractivity contribution is -0.130. The molecule has 31 heavy (non-hydrogen) atoms. The highest BCUT2D eigenvalue weighted by atomic mass is 79.9. The van der Waals surface area contributed by atoms with E-state index in [1.165, 1.54) is 4.90 Å². The molecular weight excluding hydrogens is 478 g/mol. The maximum Gasteiger partial charge on any atom is 0.417 e. The van der Waals surface area contributed by atoms with Gasteiger partial charge in [0.1, 0.15) is 6.61 Å². The van der Waals surface area contributed by atoms with Crippen molar-refractivity contribution in [2.75, 3.05) is 6.61 Å². The smallest absolute Gasteiger partial charge is 0.417 e. The van der Waals surface area contributed by atoms with Gasteiger partial charge in [0.15, 0.2) is 0 Å². The predicted octanol–water partition coefficient (Wildman–Crippen LogP) is 6.02. The molecule has 0 N–H and O–H groups in total. The van der Waals surface area contributed by atoms with E-state index in [1.807, 2.05) is 78.9 Å². The molecule has 0 bridgehead atoms. The van der Waals surface area contributed by atoms with E-state index in [4.69, 9.17) is 16.3 Å². The number of carbonyl (C=O) groups excluding carboxylic acids is 2. The molecule has 3 aromatic rings. The van der Waals surface area contributed by atoms with Crippen molar-refractivity contribution in [3.05, 3.63) is 105 Å². The molecule has 0 saturated carbocycles. The number of amides is 2. The number of benzene rings is 3. The number of cyclic esters (lactones) is 1. The summed E-state index contributed by atoms with van der Waals surface area (Å²) in [6.45, 7) is 0.200. The van der Waals surface area contributed by atoms with Crippen LogP contribution >= 0.6 is 27.5 Å². The molecule has 0 spiro atoms. The summed E-state index contributed by atoms with van der Waals surface area (Å²) in [4.78, 5) is 27.6. The molecule has 1 aliphatic rings. The van der Waals surface area contributed by atoms with Crippen LogP contribution in [0.15, 0.2) is 83.3 Å². The Morgan fingerprint density at radius 1 is 1.03 bits per heavy atom. The third kappa shape index (κ3) is 5.17. The summed E-state index contributed by atoms with van der Waals surface area (Å²) >= 11 is 9.52. The molecule has 6 heteroatoms. The zero-order valence-electron chi connectivity index (χ0n) is 16.7. The molecule has 1 saturated heterocycles. The van der Waals surface area contributed by atoms with Crippen LogP contribution in [0.4, 0.5) is 4.79 Å². The highest BCUT2D eigenvalue weighted by Gasteiger charge is 2.41. The van der Waals surface area contributed by atoms with Crippen molar-refractivity contribution in [1.82, 2.24) is 4.90 Å². The van der Waals surface area contributed by atoms with Gasteiger partial charge in [0.25, 0.3) is 0 Å². The fourth-order valence-electron chi connectivity index (χ4n) is 3.86. The van der Waals surface area contributed by atoms with E-state index >= 15 is 0 Å². The molecule has 2 atom stereocenters. The Morgan fingerprint density at radius 3 is 2.48 bits per heavy atom.